The van der Waals surface area contributed by atoms with Crippen LogP contribution in [0.15, 0.2) is 182 Å². The molecule has 0 atom stereocenters. The number of pyridine rings is 2. The maximum atomic E-state index is 13.2. The number of alkyl halides is 6. The van der Waals surface area contributed by atoms with Gasteiger partial charge >= 0.3 is 11.0 Å². The molecule has 6 heterocycles. The number of hydrogen-bond donors (Lipinski definition) is 3. The number of hydrogen-bond acceptors (Lipinski definition) is 11. The molecule has 21 heteroatoms. The van der Waals surface area contributed by atoms with Crippen molar-refractivity contribution in [3.05, 3.63) is 205 Å². The summed E-state index contributed by atoms with van der Waals surface area (Å²) >= 11 is 0. The van der Waals surface area contributed by atoms with E-state index in [-0.39, 0.29) is 22.1 Å². The van der Waals surface area contributed by atoms with Crippen LogP contribution in [0.25, 0.3) is 79.2 Å². The van der Waals surface area contributed by atoms with E-state index in [2.05, 4.69) is 51.8 Å². The highest BCUT2D eigenvalue weighted by atomic mass is 32.2. The predicted octanol–water partition coefficient (Wildman–Crippen LogP) is 15.3. The van der Waals surface area contributed by atoms with Gasteiger partial charge in [0, 0.05) is 51.3 Å². The lowest BCUT2D eigenvalue weighted by Gasteiger charge is -2.39. The van der Waals surface area contributed by atoms with Gasteiger partial charge in [-0.3, -0.25) is 9.13 Å². The Labute approximate surface area is 491 Å². The number of nitrogens with one attached hydrogen (secondary N) is 2. The molecule has 86 heavy (non-hydrogen) atoms. The summed E-state index contributed by atoms with van der Waals surface area (Å²) in [5, 5.41) is 6.83. The molecule has 14 rings (SSSR count). The summed E-state index contributed by atoms with van der Waals surface area (Å²) in [6.07, 6.45) is 9.77. The minimum atomic E-state index is -5.37. The van der Waals surface area contributed by atoms with Crippen molar-refractivity contribution in [2.45, 2.75) is 78.9 Å². The Kier molecular flexibility index (Phi) is 13.7. The van der Waals surface area contributed by atoms with E-state index in [1.54, 1.807) is 36.7 Å². The monoisotopic (exact) mass is 1200 g/mol. The van der Waals surface area contributed by atoms with Gasteiger partial charge < -0.3 is 16.4 Å². The number of benzene rings is 6. The van der Waals surface area contributed by atoms with Crippen LogP contribution >= 0.6 is 0 Å². The Balaban J connectivity index is 0.000000160. The number of nitrogens with two attached hydrogens (primary N) is 1. The second kappa shape index (κ2) is 20.9. The van der Waals surface area contributed by atoms with Crippen LogP contribution in [-0.4, -0.2) is 56.9 Å². The van der Waals surface area contributed by atoms with Crippen molar-refractivity contribution in [2.24, 2.45) is 5.73 Å². The van der Waals surface area contributed by atoms with Crippen LogP contribution in [0, 0.1) is 0 Å². The van der Waals surface area contributed by atoms with Crippen LogP contribution in [-0.2, 0) is 42.1 Å². The van der Waals surface area contributed by atoms with Gasteiger partial charge in [-0.2, -0.15) is 26.3 Å². The third kappa shape index (κ3) is 9.99. The van der Waals surface area contributed by atoms with Gasteiger partial charge in [-0.25, -0.2) is 36.8 Å². The van der Waals surface area contributed by atoms with Crippen LogP contribution in [0.5, 0.6) is 0 Å². The standard InChI is InChI=1S/C33H27F3N4O2S.C32H26F3N5O2S/c1-32(16-6-17-32)24-14-12-22(13-15-24)29-28(23-8-4-7-21(19-23)20-43(41,42)33(34,35)36)39-31-25-9-2-3-10-26(25)38-30-27(40(29)31)11-5-18-37-30;33-32(34,35)43(41,42)19-20-6-3-7-22(18-20)27-28(21-11-13-23(14-12-21)31(36)15-5-16-31)40-26-10-4-17-37-29(26)38-25-9-2-1-8-24(25)30(40)39-27/h2-5,7-15,18-19H,6,16-17,20H2,1H3,(H,37,38);1-4,6-14,17-18H,5,15-16,19,36H2,(H,37,38). The van der Waals surface area contributed by atoms with E-state index in [1.165, 1.54) is 36.2 Å². The summed E-state index contributed by atoms with van der Waals surface area (Å²) < 4.78 is 131. The average molecular weight is 1200 g/mol. The molecule has 0 bridgehead atoms. The average Bonchev–Trinajstić information content (AvgIpc) is 1.74. The van der Waals surface area contributed by atoms with Crippen molar-refractivity contribution in [2.75, 3.05) is 10.6 Å². The molecule has 0 spiro atoms. The zero-order valence-corrected chi connectivity index (χ0v) is 47.6. The fourth-order valence-electron chi connectivity index (χ4n) is 11.8. The minimum absolute atomic E-state index is 0.0125. The van der Waals surface area contributed by atoms with Gasteiger partial charge in [0.05, 0.1) is 57.0 Å². The zero-order valence-electron chi connectivity index (χ0n) is 46.0. The lowest BCUT2D eigenvalue weighted by atomic mass is 9.66. The summed E-state index contributed by atoms with van der Waals surface area (Å²) in [6, 6.07) is 51.6. The van der Waals surface area contributed by atoms with Gasteiger partial charge in [0.25, 0.3) is 19.7 Å². The van der Waals surface area contributed by atoms with E-state index in [9.17, 15) is 43.2 Å². The van der Waals surface area contributed by atoms with Crippen molar-refractivity contribution >= 4 is 42.7 Å². The van der Waals surface area contributed by atoms with Gasteiger partial charge in [0.15, 0.2) is 11.6 Å². The highest BCUT2D eigenvalue weighted by Crippen LogP contribution is 2.49. The highest BCUT2D eigenvalue weighted by Gasteiger charge is 2.46. The Morgan fingerprint density at radius 3 is 1.31 bits per heavy atom. The van der Waals surface area contributed by atoms with Crippen LogP contribution in [0.1, 0.15) is 67.7 Å². The summed E-state index contributed by atoms with van der Waals surface area (Å²) in [6.45, 7) is 2.27. The number of rotatable bonds is 10. The second-order valence-electron chi connectivity index (χ2n) is 22.4. The van der Waals surface area contributed by atoms with Crippen molar-refractivity contribution < 1.29 is 43.2 Å². The van der Waals surface area contributed by atoms with Gasteiger partial charge in [-0.05, 0) is 120 Å². The number of halogens is 6. The topological polar surface area (TPSA) is 180 Å². The van der Waals surface area contributed by atoms with Gasteiger partial charge in [-0.15, -0.1) is 0 Å². The third-order valence-electron chi connectivity index (χ3n) is 16.8. The Hall–Kier alpha value is -8.92. The molecule has 2 aliphatic carbocycles. The van der Waals surface area contributed by atoms with Crippen molar-refractivity contribution in [1.82, 2.24) is 29.1 Å². The van der Waals surface area contributed by atoms with Gasteiger partial charge in [0.1, 0.15) is 11.6 Å². The first kappa shape index (κ1) is 56.2. The summed E-state index contributed by atoms with van der Waals surface area (Å²) in [5.74, 6) is 0.147. The van der Waals surface area contributed by atoms with Crippen LogP contribution in [0.2, 0.25) is 0 Å². The van der Waals surface area contributed by atoms with Crippen molar-refractivity contribution in [1.29, 1.82) is 0 Å². The van der Waals surface area contributed by atoms with Gasteiger partial charge in [-0.1, -0.05) is 123 Å². The third-order valence-corrected chi connectivity index (χ3v) is 19.6. The quantitative estimate of drug-likeness (QED) is 0.111. The summed E-state index contributed by atoms with van der Waals surface area (Å²) in [4.78, 5) is 19.4. The molecule has 2 saturated carbocycles. The first-order valence-electron chi connectivity index (χ1n) is 27.7. The molecule has 13 nitrogen and oxygen atoms in total. The highest BCUT2D eigenvalue weighted by molar-refractivity contribution is 7.91. The molecule has 0 saturated heterocycles. The van der Waals surface area contributed by atoms with E-state index in [0.717, 1.165) is 88.4 Å². The lowest BCUT2D eigenvalue weighted by molar-refractivity contribution is -0.0443. The fraction of sp³-hybridized carbons (Fsp3) is 0.200. The number of imidazole rings is 2. The second-order valence-corrected chi connectivity index (χ2v) is 26.4. The molecule has 10 aromatic rings. The number of fused-ring (bicyclic) bond motifs is 10. The van der Waals surface area contributed by atoms with E-state index < -0.39 is 42.2 Å². The molecular formula is C65H53F6N9O4S2. The number of para-hydroxylation sites is 2. The molecule has 2 fully saturated rings. The summed E-state index contributed by atoms with van der Waals surface area (Å²) in [7, 11) is -10.7. The van der Waals surface area contributed by atoms with E-state index in [4.69, 9.17) is 15.7 Å². The Morgan fingerprint density at radius 1 is 0.500 bits per heavy atom. The van der Waals surface area contributed by atoms with E-state index >= 15 is 0 Å². The van der Waals surface area contributed by atoms with Crippen LogP contribution < -0.4 is 16.4 Å². The SMILES string of the molecule is CC1(c2ccc(-c3c(-c4cccc(CS(=O)(=O)C(F)(F)F)c4)nc4n3-c3cccnc3Nc3ccccc3-4)cc2)CCC1.NC1(c2ccc(-c3c(-c4cccc(CS(=O)(=O)C(F)(F)F)c4)nc4n3-c3cccnc3Nc3ccccc3-4)cc2)CCC1. The number of aromatic nitrogens is 6. The lowest BCUT2D eigenvalue weighted by Crippen LogP contribution is -2.43. The van der Waals surface area contributed by atoms with Crippen molar-refractivity contribution in [3.8, 4) is 79.2 Å². The Bertz CT molecular complexity index is 4250. The molecule has 0 unspecified atom stereocenters. The molecule has 0 radical (unpaired) electrons. The number of nitrogens with zero attached hydrogens (tertiary/aromatic N) is 6. The molecule has 2 aliphatic heterocycles. The predicted molar refractivity (Wildman–Crippen MR) is 320 cm³/mol. The largest absolute Gasteiger partial charge is 0.497 e. The molecular weight excluding hydrogens is 1150 g/mol. The maximum Gasteiger partial charge on any atom is 0.497 e. The first-order valence-corrected chi connectivity index (χ1v) is 31.1. The molecule has 436 valence electrons. The molecule has 4 aromatic heterocycles. The summed E-state index contributed by atoms with van der Waals surface area (Å²) in [5.41, 5.74) is 7.84. The van der Waals surface area contributed by atoms with Crippen LogP contribution in [0.3, 0.4) is 0 Å². The first-order chi connectivity index (χ1) is 41.1. The number of anilines is 4. The minimum Gasteiger partial charge on any atom is -0.338 e. The zero-order chi connectivity index (χ0) is 60.0. The maximum absolute atomic E-state index is 13.2. The molecule has 4 aliphatic rings. The molecule has 0 amide bonds. The Morgan fingerprint density at radius 2 is 0.919 bits per heavy atom. The normalized spacial score (nSPS) is 15.3. The molecule has 4 N–H and O–H groups in total. The van der Waals surface area contributed by atoms with Crippen molar-refractivity contribution in [3.63, 3.8) is 0 Å². The fourth-order valence-corrected chi connectivity index (χ4v) is 13.4. The van der Waals surface area contributed by atoms with E-state index in [1.807, 2.05) is 106 Å². The van der Waals surface area contributed by atoms with Gasteiger partial charge in [0.2, 0.25) is 0 Å². The smallest absolute Gasteiger partial charge is 0.338 e. The van der Waals surface area contributed by atoms with E-state index in [0.29, 0.717) is 51.5 Å². The molecule has 6 aromatic carbocycles. The number of sulfone groups is 2. The van der Waals surface area contributed by atoms with Crippen LogP contribution in [0.4, 0.5) is 49.4 Å².